The summed E-state index contributed by atoms with van der Waals surface area (Å²) in [5.74, 6) is 0.388. The first-order valence-corrected chi connectivity index (χ1v) is 10.3. The number of hydrogen-bond acceptors (Lipinski definition) is 5. The first kappa shape index (κ1) is 20.7. The Balaban J connectivity index is 1.52. The quantitative estimate of drug-likeness (QED) is 0.550. The molecule has 160 valence electrons. The molecule has 2 aliphatic rings. The van der Waals surface area contributed by atoms with Gasteiger partial charge in [0.1, 0.15) is 17.6 Å². The maximum atomic E-state index is 12.8. The van der Waals surface area contributed by atoms with E-state index in [4.69, 9.17) is 9.47 Å². The zero-order valence-electron chi connectivity index (χ0n) is 17.6. The van der Waals surface area contributed by atoms with Gasteiger partial charge in [-0.2, -0.15) is 0 Å². The van der Waals surface area contributed by atoms with Crippen molar-refractivity contribution < 1.29 is 23.9 Å². The van der Waals surface area contributed by atoms with Gasteiger partial charge in [0.25, 0.3) is 17.7 Å². The van der Waals surface area contributed by atoms with Crippen LogP contribution < -0.4 is 14.8 Å². The van der Waals surface area contributed by atoms with E-state index in [-0.39, 0.29) is 36.6 Å². The third kappa shape index (κ3) is 3.79. The molecule has 0 aromatic heterocycles. The van der Waals surface area contributed by atoms with Crippen molar-refractivity contribution in [1.29, 1.82) is 0 Å². The summed E-state index contributed by atoms with van der Waals surface area (Å²) in [5.41, 5.74) is 2.75. The number of amides is 3. The van der Waals surface area contributed by atoms with Gasteiger partial charge < -0.3 is 14.8 Å². The minimum Gasteiger partial charge on any atom is -0.494 e. The van der Waals surface area contributed by atoms with Crippen LogP contribution in [0, 0.1) is 0 Å². The van der Waals surface area contributed by atoms with Gasteiger partial charge in [0, 0.05) is 36.2 Å². The monoisotopic (exact) mass is 420 g/mol. The number of imide groups is 1. The molecule has 2 aliphatic heterocycles. The summed E-state index contributed by atoms with van der Waals surface area (Å²) in [6, 6.07) is 8.41. The number of carbonyl (C=O) groups is 3. The number of fused-ring (bicyclic) bond motifs is 2. The highest BCUT2D eigenvalue weighted by molar-refractivity contribution is 6.22. The van der Waals surface area contributed by atoms with Gasteiger partial charge >= 0.3 is 0 Å². The average Bonchev–Trinajstić information content (AvgIpc) is 3.23. The lowest BCUT2D eigenvalue weighted by molar-refractivity contribution is 0.0672. The largest absolute Gasteiger partial charge is 0.494 e. The average molecular weight is 420 g/mol. The van der Waals surface area contributed by atoms with E-state index < -0.39 is 5.91 Å². The lowest BCUT2D eigenvalue weighted by Crippen LogP contribution is -2.29. The summed E-state index contributed by atoms with van der Waals surface area (Å²) < 4.78 is 11.6. The number of carbonyl (C=O) groups excluding carboxylic acids is 3. The third-order valence-corrected chi connectivity index (χ3v) is 5.36. The van der Waals surface area contributed by atoms with Crippen LogP contribution in [0.5, 0.6) is 11.5 Å². The molecule has 4 rings (SSSR count). The van der Waals surface area contributed by atoms with Gasteiger partial charge in [0.2, 0.25) is 0 Å². The number of benzene rings is 2. The van der Waals surface area contributed by atoms with Crippen LogP contribution in [0.15, 0.2) is 43.0 Å². The second-order valence-corrected chi connectivity index (χ2v) is 7.59. The topological polar surface area (TPSA) is 84.9 Å². The number of rotatable bonds is 7. The van der Waals surface area contributed by atoms with Crippen LogP contribution in [0.4, 0.5) is 0 Å². The zero-order chi connectivity index (χ0) is 22.1. The molecular weight excluding hydrogens is 396 g/mol. The van der Waals surface area contributed by atoms with Gasteiger partial charge in [-0.05, 0) is 44.2 Å². The second-order valence-electron chi connectivity index (χ2n) is 7.59. The van der Waals surface area contributed by atoms with E-state index in [1.165, 1.54) is 18.2 Å². The van der Waals surface area contributed by atoms with Crippen molar-refractivity contribution in [2.75, 3.05) is 13.2 Å². The maximum absolute atomic E-state index is 12.8. The standard InChI is InChI=1S/C24H24N2O5/c1-4-8-26-23(28)18-7-6-15(10-19(18)24(26)29)22(27)25-13-17-12-21-16(9-14(3)31-21)11-20(17)30-5-2/h4,6-7,10-12,14H,1,5,8-9,13H2,2-3H3,(H,25,27)/t14-/m0/s1. The molecular formula is C24H24N2O5. The summed E-state index contributed by atoms with van der Waals surface area (Å²) in [6.45, 7) is 8.38. The van der Waals surface area contributed by atoms with Gasteiger partial charge in [0.05, 0.1) is 17.7 Å². The Kier molecular flexibility index (Phi) is 5.50. The van der Waals surface area contributed by atoms with Crippen molar-refractivity contribution in [3.05, 3.63) is 70.8 Å². The van der Waals surface area contributed by atoms with E-state index in [2.05, 4.69) is 11.9 Å². The van der Waals surface area contributed by atoms with E-state index in [9.17, 15) is 14.4 Å². The number of nitrogens with one attached hydrogen (secondary N) is 1. The lowest BCUT2D eigenvalue weighted by atomic mass is 10.0. The van der Waals surface area contributed by atoms with E-state index in [0.29, 0.717) is 23.5 Å². The normalized spacial score (nSPS) is 16.6. The molecule has 0 spiro atoms. The van der Waals surface area contributed by atoms with Gasteiger partial charge in [-0.3, -0.25) is 19.3 Å². The van der Waals surface area contributed by atoms with Gasteiger partial charge in [0.15, 0.2) is 0 Å². The van der Waals surface area contributed by atoms with Crippen LogP contribution in [0.2, 0.25) is 0 Å². The summed E-state index contributed by atoms with van der Waals surface area (Å²) >= 11 is 0. The predicted molar refractivity (Wildman–Crippen MR) is 115 cm³/mol. The second kappa shape index (κ2) is 8.26. The van der Waals surface area contributed by atoms with Crippen LogP contribution in [0.1, 0.15) is 56.0 Å². The first-order chi connectivity index (χ1) is 14.9. The maximum Gasteiger partial charge on any atom is 0.261 e. The Morgan fingerprint density at radius 3 is 2.77 bits per heavy atom. The highest BCUT2D eigenvalue weighted by atomic mass is 16.5. The van der Waals surface area contributed by atoms with Crippen molar-refractivity contribution >= 4 is 17.7 Å². The zero-order valence-corrected chi connectivity index (χ0v) is 17.6. The summed E-state index contributed by atoms with van der Waals surface area (Å²) in [4.78, 5) is 38.7. The molecule has 2 aromatic rings. The summed E-state index contributed by atoms with van der Waals surface area (Å²) in [7, 11) is 0. The number of hydrogen-bond donors (Lipinski definition) is 1. The Labute approximate surface area is 180 Å². The fourth-order valence-electron chi connectivity index (χ4n) is 3.91. The van der Waals surface area contributed by atoms with Crippen LogP contribution in [0.3, 0.4) is 0 Å². The molecule has 0 unspecified atom stereocenters. The fraction of sp³-hybridized carbons (Fsp3) is 0.292. The third-order valence-electron chi connectivity index (χ3n) is 5.36. The first-order valence-electron chi connectivity index (χ1n) is 10.3. The summed E-state index contributed by atoms with van der Waals surface area (Å²) in [5, 5.41) is 2.87. The van der Waals surface area contributed by atoms with Crippen molar-refractivity contribution in [2.45, 2.75) is 32.9 Å². The van der Waals surface area contributed by atoms with E-state index in [1.807, 2.05) is 26.0 Å². The molecule has 31 heavy (non-hydrogen) atoms. The SMILES string of the molecule is C=CCN1C(=O)c2ccc(C(=O)NCc3cc4c(cc3OCC)C[C@H](C)O4)cc2C1=O. The minimum absolute atomic E-state index is 0.113. The molecule has 0 fully saturated rings. The fourth-order valence-corrected chi connectivity index (χ4v) is 3.91. The minimum atomic E-state index is -0.418. The van der Waals surface area contributed by atoms with Gasteiger partial charge in [-0.15, -0.1) is 6.58 Å². The Morgan fingerprint density at radius 2 is 2.03 bits per heavy atom. The summed E-state index contributed by atoms with van der Waals surface area (Å²) in [6.07, 6.45) is 2.43. The molecule has 3 amide bonds. The molecule has 0 radical (unpaired) electrons. The molecule has 7 nitrogen and oxygen atoms in total. The van der Waals surface area contributed by atoms with E-state index >= 15 is 0 Å². The lowest BCUT2D eigenvalue weighted by Gasteiger charge is -2.13. The molecule has 1 N–H and O–H groups in total. The van der Waals surface area contributed by atoms with Gasteiger partial charge in [-0.25, -0.2) is 0 Å². The Hall–Kier alpha value is -3.61. The number of ether oxygens (including phenoxy) is 2. The smallest absolute Gasteiger partial charge is 0.261 e. The Morgan fingerprint density at radius 1 is 1.26 bits per heavy atom. The van der Waals surface area contributed by atoms with Crippen LogP contribution in [-0.2, 0) is 13.0 Å². The Bertz CT molecular complexity index is 1090. The molecule has 1 atom stereocenters. The van der Waals surface area contributed by atoms with Crippen molar-refractivity contribution in [3.8, 4) is 11.5 Å². The van der Waals surface area contributed by atoms with Crippen molar-refractivity contribution in [3.63, 3.8) is 0 Å². The highest BCUT2D eigenvalue weighted by Gasteiger charge is 2.35. The molecule has 0 bridgehead atoms. The van der Waals surface area contributed by atoms with Crippen molar-refractivity contribution in [1.82, 2.24) is 10.2 Å². The molecule has 2 aromatic carbocycles. The molecule has 0 saturated carbocycles. The molecule has 2 heterocycles. The van der Waals surface area contributed by atoms with E-state index in [0.717, 1.165) is 28.2 Å². The number of nitrogens with zero attached hydrogens (tertiary/aromatic N) is 1. The van der Waals surface area contributed by atoms with Crippen LogP contribution >= 0.6 is 0 Å². The van der Waals surface area contributed by atoms with Crippen LogP contribution in [0.25, 0.3) is 0 Å². The highest BCUT2D eigenvalue weighted by Crippen LogP contribution is 2.35. The van der Waals surface area contributed by atoms with Crippen LogP contribution in [-0.4, -0.2) is 41.9 Å². The predicted octanol–water partition coefficient (Wildman–Crippen LogP) is 3.12. The van der Waals surface area contributed by atoms with E-state index in [1.54, 1.807) is 6.07 Å². The molecule has 7 heteroatoms. The molecule has 0 aliphatic carbocycles. The molecule has 0 saturated heterocycles. The van der Waals surface area contributed by atoms with Crippen molar-refractivity contribution in [2.24, 2.45) is 0 Å². The van der Waals surface area contributed by atoms with Gasteiger partial charge in [-0.1, -0.05) is 6.08 Å².